The summed E-state index contributed by atoms with van der Waals surface area (Å²) in [6.07, 6.45) is 8.37. The molecule has 1 aliphatic carbocycles. The van der Waals surface area contributed by atoms with Crippen LogP contribution in [0.2, 0.25) is 0 Å². The zero-order valence-electron chi connectivity index (χ0n) is 13.2. The summed E-state index contributed by atoms with van der Waals surface area (Å²) in [5.41, 5.74) is 0. The molecule has 2 atom stereocenters. The van der Waals surface area contributed by atoms with Crippen molar-refractivity contribution in [3.05, 3.63) is 0 Å². The zero-order chi connectivity index (χ0) is 13.7. The maximum atomic E-state index is 3.81. The van der Waals surface area contributed by atoms with E-state index in [1.54, 1.807) is 0 Å². The highest BCUT2D eigenvalue weighted by atomic mass is 15.3. The summed E-state index contributed by atoms with van der Waals surface area (Å²) in [6.45, 7) is 9.60. The molecule has 0 amide bonds. The Morgan fingerprint density at radius 3 is 2.58 bits per heavy atom. The lowest BCUT2D eigenvalue weighted by atomic mass is 9.95. The van der Waals surface area contributed by atoms with E-state index in [0.717, 1.165) is 12.1 Å². The molecule has 2 rings (SSSR count). The van der Waals surface area contributed by atoms with E-state index in [0.29, 0.717) is 6.04 Å². The summed E-state index contributed by atoms with van der Waals surface area (Å²) in [5, 5.41) is 3.81. The molecule has 1 aliphatic heterocycles. The van der Waals surface area contributed by atoms with Gasteiger partial charge in [-0.3, -0.25) is 4.90 Å². The van der Waals surface area contributed by atoms with Crippen LogP contribution in [0.15, 0.2) is 0 Å². The molecule has 0 aromatic rings. The number of rotatable bonds is 5. The molecule has 3 nitrogen and oxygen atoms in total. The monoisotopic (exact) mass is 267 g/mol. The first-order valence-electron chi connectivity index (χ1n) is 8.38. The van der Waals surface area contributed by atoms with Crippen molar-refractivity contribution < 1.29 is 0 Å². The van der Waals surface area contributed by atoms with E-state index in [1.807, 2.05) is 0 Å². The molecule has 1 N–H and O–H groups in total. The summed E-state index contributed by atoms with van der Waals surface area (Å²) >= 11 is 0. The van der Waals surface area contributed by atoms with E-state index in [-0.39, 0.29) is 0 Å². The molecule has 0 aromatic heterocycles. The lowest BCUT2D eigenvalue weighted by Gasteiger charge is -2.42. The van der Waals surface area contributed by atoms with Gasteiger partial charge in [-0.05, 0) is 33.2 Å². The van der Waals surface area contributed by atoms with Gasteiger partial charge in [0.25, 0.3) is 0 Å². The van der Waals surface area contributed by atoms with Gasteiger partial charge < -0.3 is 10.2 Å². The molecule has 1 heterocycles. The standard InChI is InChI=1S/C16H33N3/c1-4-16-13-19(11-10-18(16)3)14(2)12-17-15-8-6-5-7-9-15/h14-17H,4-13H2,1-3H3. The quantitative estimate of drug-likeness (QED) is 0.825. The number of piperazine rings is 1. The highest BCUT2D eigenvalue weighted by molar-refractivity contribution is 4.84. The summed E-state index contributed by atoms with van der Waals surface area (Å²) < 4.78 is 0. The highest BCUT2D eigenvalue weighted by Crippen LogP contribution is 2.18. The Labute approximate surface area is 119 Å². The van der Waals surface area contributed by atoms with Crippen LogP contribution < -0.4 is 5.32 Å². The minimum Gasteiger partial charge on any atom is -0.312 e. The van der Waals surface area contributed by atoms with Gasteiger partial charge in [-0.1, -0.05) is 26.2 Å². The van der Waals surface area contributed by atoms with Gasteiger partial charge in [-0.15, -0.1) is 0 Å². The molecule has 19 heavy (non-hydrogen) atoms. The lowest BCUT2D eigenvalue weighted by Crippen LogP contribution is -2.55. The van der Waals surface area contributed by atoms with Gasteiger partial charge in [0.2, 0.25) is 0 Å². The zero-order valence-corrected chi connectivity index (χ0v) is 13.2. The predicted molar refractivity (Wildman–Crippen MR) is 82.6 cm³/mol. The third-order valence-electron chi connectivity index (χ3n) is 5.21. The first-order chi connectivity index (χ1) is 9.20. The predicted octanol–water partition coefficient (Wildman–Crippen LogP) is 2.32. The van der Waals surface area contributed by atoms with Crippen LogP contribution in [0, 0.1) is 0 Å². The normalized spacial score (nSPS) is 29.5. The van der Waals surface area contributed by atoms with Crippen LogP contribution in [0.4, 0.5) is 0 Å². The molecule has 1 saturated carbocycles. The van der Waals surface area contributed by atoms with Crippen molar-refractivity contribution in [2.75, 3.05) is 33.2 Å². The van der Waals surface area contributed by atoms with Gasteiger partial charge in [0, 0.05) is 44.3 Å². The summed E-state index contributed by atoms with van der Waals surface area (Å²) in [4.78, 5) is 5.21. The summed E-state index contributed by atoms with van der Waals surface area (Å²) in [5.74, 6) is 0. The Bertz CT molecular complexity index is 250. The number of nitrogens with one attached hydrogen (secondary N) is 1. The molecule has 2 fully saturated rings. The second-order valence-corrected chi connectivity index (χ2v) is 6.63. The molecular weight excluding hydrogens is 234 g/mol. The van der Waals surface area contributed by atoms with Crippen molar-refractivity contribution >= 4 is 0 Å². The van der Waals surface area contributed by atoms with Gasteiger partial charge in [-0.25, -0.2) is 0 Å². The van der Waals surface area contributed by atoms with Crippen molar-refractivity contribution in [3.63, 3.8) is 0 Å². The fourth-order valence-electron chi connectivity index (χ4n) is 3.58. The first-order valence-corrected chi connectivity index (χ1v) is 8.38. The second-order valence-electron chi connectivity index (χ2n) is 6.63. The van der Waals surface area contributed by atoms with Crippen LogP contribution in [0.1, 0.15) is 52.4 Å². The number of nitrogens with zero attached hydrogens (tertiary/aromatic N) is 2. The molecule has 0 radical (unpaired) electrons. The Morgan fingerprint density at radius 1 is 1.16 bits per heavy atom. The topological polar surface area (TPSA) is 18.5 Å². The van der Waals surface area contributed by atoms with Crippen LogP contribution in [-0.4, -0.2) is 61.2 Å². The Kier molecular flexibility index (Phi) is 6.11. The van der Waals surface area contributed by atoms with Gasteiger partial charge in [0.15, 0.2) is 0 Å². The van der Waals surface area contributed by atoms with Gasteiger partial charge in [0.1, 0.15) is 0 Å². The molecule has 0 aromatic carbocycles. The minimum atomic E-state index is 0.685. The third-order valence-corrected chi connectivity index (χ3v) is 5.21. The van der Waals surface area contributed by atoms with Gasteiger partial charge >= 0.3 is 0 Å². The van der Waals surface area contributed by atoms with Crippen LogP contribution >= 0.6 is 0 Å². The average Bonchev–Trinajstić information content (AvgIpc) is 2.46. The average molecular weight is 267 g/mol. The molecule has 2 aliphatic rings. The number of likely N-dealkylation sites (N-methyl/N-ethyl adjacent to an activating group) is 1. The fourth-order valence-corrected chi connectivity index (χ4v) is 3.58. The van der Waals surface area contributed by atoms with E-state index in [1.165, 1.54) is 64.7 Å². The minimum absolute atomic E-state index is 0.685. The number of hydrogen-bond acceptors (Lipinski definition) is 3. The van der Waals surface area contributed by atoms with Crippen LogP contribution in [-0.2, 0) is 0 Å². The SMILES string of the molecule is CCC1CN(C(C)CNC2CCCCC2)CCN1C. The van der Waals surface area contributed by atoms with Crippen LogP contribution in [0.25, 0.3) is 0 Å². The lowest BCUT2D eigenvalue weighted by molar-refractivity contribution is 0.0661. The van der Waals surface area contributed by atoms with E-state index >= 15 is 0 Å². The molecule has 1 saturated heterocycles. The summed E-state index contributed by atoms with van der Waals surface area (Å²) in [6, 6.07) is 2.24. The van der Waals surface area contributed by atoms with Crippen molar-refractivity contribution in [2.45, 2.75) is 70.5 Å². The third kappa shape index (κ3) is 4.44. The fraction of sp³-hybridized carbons (Fsp3) is 1.00. The molecule has 0 spiro atoms. The maximum Gasteiger partial charge on any atom is 0.0218 e. The molecular formula is C16H33N3. The van der Waals surface area contributed by atoms with Crippen molar-refractivity contribution in [1.29, 1.82) is 0 Å². The molecule has 2 unspecified atom stereocenters. The van der Waals surface area contributed by atoms with Gasteiger partial charge in [0.05, 0.1) is 0 Å². The van der Waals surface area contributed by atoms with E-state index < -0.39 is 0 Å². The largest absolute Gasteiger partial charge is 0.312 e. The van der Waals surface area contributed by atoms with E-state index in [2.05, 4.69) is 36.0 Å². The molecule has 112 valence electrons. The van der Waals surface area contributed by atoms with Crippen molar-refractivity contribution in [1.82, 2.24) is 15.1 Å². The number of hydrogen-bond donors (Lipinski definition) is 1. The maximum absolute atomic E-state index is 3.81. The van der Waals surface area contributed by atoms with E-state index in [9.17, 15) is 0 Å². The van der Waals surface area contributed by atoms with Crippen LogP contribution in [0.5, 0.6) is 0 Å². The smallest absolute Gasteiger partial charge is 0.0218 e. The van der Waals surface area contributed by atoms with Crippen molar-refractivity contribution in [2.24, 2.45) is 0 Å². The summed E-state index contributed by atoms with van der Waals surface area (Å²) in [7, 11) is 2.27. The Hall–Kier alpha value is -0.120. The Balaban J connectivity index is 1.71. The van der Waals surface area contributed by atoms with Crippen LogP contribution in [0.3, 0.4) is 0 Å². The Morgan fingerprint density at radius 2 is 1.89 bits per heavy atom. The second kappa shape index (κ2) is 7.61. The highest BCUT2D eigenvalue weighted by Gasteiger charge is 2.26. The molecule has 0 bridgehead atoms. The van der Waals surface area contributed by atoms with Crippen molar-refractivity contribution in [3.8, 4) is 0 Å². The first kappa shape index (κ1) is 15.3. The van der Waals surface area contributed by atoms with E-state index in [4.69, 9.17) is 0 Å². The molecule has 3 heteroatoms. The van der Waals surface area contributed by atoms with Gasteiger partial charge in [-0.2, -0.15) is 0 Å².